The summed E-state index contributed by atoms with van der Waals surface area (Å²) in [5.74, 6) is -0.102. The molecule has 0 saturated carbocycles. The predicted molar refractivity (Wildman–Crippen MR) is 172 cm³/mol. The molecule has 0 unspecified atom stereocenters. The van der Waals surface area contributed by atoms with Crippen LogP contribution in [-0.4, -0.2) is 67.2 Å². The van der Waals surface area contributed by atoms with Crippen LogP contribution in [0, 0.1) is 11.7 Å². The number of amides is 1. The summed E-state index contributed by atoms with van der Waals surface area (Å²) >= 11 is 0. The molecule has 6 heterocycles. The lowest BCUT2D eigenvalue weighted by Crippen LogP contribution is -2.25. The fourth-order valence-electron chi connectivity index (χ4n) is 5.69. The standard InChI is InChI=1S/C34H33FN8O2/c1-20(2)34(44)38-24-12-22(16-36-17-24)28-5-6-29-32(40-28)33(42-41-29)30-15-26-27(18-37-19-31(26)39-30)21-11-23(35)14-25(13-21)45-10-9-43-7-3-4-8-43/h5-6,11-20,39H,3-4,7-10H2,1-2H3,(H,38,44)(H,41,42). The van der Waals surface area contributed by atoms with Gasteiger partial charge in [0.25, 0.3) is 0 Å². The molecule has 5 aromatic heterocycles. The third-order valence-electron chi connectivity index (χ3n) is 8.09. The molecule has 0 radical (unpaired) electrons. The maximum absolute atomic E-state index is 14.8. The number of benzene rings is 1. The highest BCUT2D eigenvalue weighted by atomic mass is 19.1. The molecule has 228 valence electrons. The first-order valence-corrected chi connectivity index (χ1v) is 15.2. The Bertz CT molecular complexity index is 2010. The number of hydrogen-bond acceptors (Lipinski definition) is 7. The molecule has 0 aliphatic carbocycles. The number of aromatic nitrogens is 6. The number of nitrogens with zero attached hydrogens (tertiary/aromatic N) is 5. The van der Waals surface area contributed by atoms with Crippen molar-refractivity contribution in [2.75, 3.05) is 31.6 Å². The van der Waals surface area contributed by atoms with Crippen molar-refractivity contribution in [1.29, 1.82) is 0 Å². The molecule has 45 heavy (non-hydrogen) atoms. The molecule has 11 heteroatoms. The average Bonchev–Trinajstić information content (AvgIpc) is 3.80. The number of nitrogens with one attached hydrogen (secondary N) is 3. The van der Waals surface area contributed by atoms with E-state index in [2.05, 4.69) is 35.4 Å². The summed E-state index contributed by atoms with van der Waals surface area (Å²) < 4.78 is 20.7. The van der Waals surface area contributed by atoms with Crippen molar-refractivity contribution < 1.29 is 13.9 Å². The zero-order chi connectivity index (χ0) is 30.9. The van der Waals surface area contributed by atoms with Crippen LogP contribution in [0.5, 0.6) is 5.75 Å². The Morgan fingerprint density at radius 1 is 1.00 bits per heavy atom. The van der Waals surface area contributed by atoms with Gasteiger partial charge in [-0.05, 0) is 67.9 Å². The summed E-state index contributed by atoms with van der Waals surface area (Å²) in [5, 5.41) is 11.4. The highest BCUT2D eigenvalue weighted by Gasteiger charge is 2.17. The van der Waals surface area contributed by atoms with Crippen molar-refractivity contribution in [1.82, 2.24) is 35.0 Å². The Morgan fingerprint density at radius 2 is 1.84 bits per heavy atom. The van der Waals surface area contributed by atoms with Gasteiger partial charge in [-0.25, -0.2) is 9.37 Å². The highest BCUT2D eigenvalue weighted by molar-refractivity contribution is 6.00. The minimum atomic E-state index is -0.367. The van der Waals surface area contributed by atoms with Crippen LogP contribution in [0.4, 0.5) is 10.1 Å². The zero-order valence-corrected chi connectivity index (χ0v) is 25.1. The molecule has 0 bridgehead atoms. The van der Waals surface area contributed by atoms with Gasteiger partial charge in [-0.2, -0.15) is 5.10 Å². The maximum Gasteiger partial charge on any atom is 0.226 e. The van der Waals surface area contributed by atoms with E-state index in [1.807, 2.05) is 44.2 Å². The monoisotopic (exact) mass is 604 g/mol. The van der Waals surface area contributed by atoms with Crippen molar-refractivity contribution in [3.63, 3.8) is 0 Å². The molecule has 0 spiro atoms. The molecular formula is C34H33FN8O2. The second-order valence-electron chi connectivity index (χ2n) is 11.7. The topological polar surface area (TPSA) is 125 Å². The molecule has 1 saturated heterocycles. The first-order valence-electron chi connectivity index (χ1n) is 15.2. The van der Waals surface area contributed by atoms with Crippen LogP contribution in [-0.2, 0) is 4.79 Å². The van der Waals surface area contributed by atoms with E-state index in [-0.39, 0.29) is 17.6 Å². The Balaban J connectivity index is 1.20. The molecule has 6 aromatic rings. The van der Waals surface area contributed by atoms with Gasteiger partial charge in [-0.1, -0.05) is 13.8 Å². The fraction of sp³-hybridized carbons (Fsp3) is 0.265. The van der Waals surface area contributed by atoms with Crippen molar-refractivity contribution in [3.05, 3.63) is 73.1 Å². The molecule has 1 aliphatic rings. The van der Waals surface area contributed by atoms with Gasteiger partial charge in [-0.15, -0.1) is 0 Å². The Kier molecular flexibility index (Phi) is 7.68. The number of ether oxygens (including phenoxy) is 1. The zero-order valence-electron chi connectivity index (χ0n) is 25.1. The number of H-pyrrole nitrogens is 2. The minimum absolute atomic E-state index is 0.0818. The van der Waals surface area contributed by atoms with Crippen molar-refractivity contribution >= 4 is 33.5 Å². The molecule has 7 rings (SSSR count). The largest absolute Gasteiger partial charge is 0.492 e. The first kappa shape index (κ1) is 28.6. The van der Waals surface area contributed by atoms with Crippen LogP contribution < -0.4 is 10.1 Å². The van der Waals surface area contributed by atoms with E-state index in [0.29, 0.717) is 40.5 Å². The number of fused-ring (bicyclic) bond motifs is 2. The average molecular weight is 605 g/mol. The summed E-state index contributed by atoms with van der Waals surface area (Å²) in [4.78, 5) is 31.6. The van der Waals surface area contributed by atoms with Crippen LogP contribution in [0.1, 0.15) is 26.7 Å². The Hall–Kier alpha value is -5.16. The van der Waals surface area contributed by atoms with E-state index in [9.17, 15) is 9.18 Å². The molecule has 1 aliphatic heterocycles. The molecule has 10 nitrogen and oxygen atoms in total. The summed E-state index contributed by atoms with van der Waals surface area (Å²) in [6.45, 7) is 7.19. The van der Waals surface area contributed by atoms with Gasteiger partial charge in [0.15, 0.2) is 0 Å². The van der Waals surface area contributed by atoms with Crippen molar-refractivity contribution in [2.24, 2.45) is 5.92 Å². The predicted octanol–water partition coefficient (Wildman–Crippen LogP) is 6.44. The van der Waals surface area contributed by atoms with E-state index in [0.717, 1.165) is 52.9 Å². The number of halogens is 1. The quantitative estimate of drug-likeness (QED) is 0.174. The highest BCUT2D eigenvalue weighted by Crippen LogP contribution is 2.35. The third-order valence-corrected chi connectivity index (χ3v) is 8.09. The summed E-state index contributed by atoms with van der Waals surface area (Å²) in [6.07, 6.45) is 9.24. The van der Waals surface area contributed by atoms with Crippen LogP contribution in [0.25, 0.3) is 55.7 Å². The number of aromatic amines is 2. The number of anilines is 1. The lowest BCUT2D eigenvalue weighted by molar-refractivity contribution is -0.118. The molecule has 0 atom stereocenters. The van der Waals surface area contributed by atoms with Gasteiger partial charge < -0.3 is 15.0 Å². The Morgan fingerprint density at radius 3 is 2.69 bits per heavy atom. The van der Waals surface area contributed by atoms with Crippen molar-refractivity contribution in [2.45, 2.75) is 26.7 Å². The SMILES string of the molecule is CC(C)C(=O)Nc1cncc(-c2ccc3[nH]nc(-c4cc5c(-c6cc(F)cc(OCCN7CCCC7)c6)cncc5[nH]4)c3n2)c1. The fourth-order valence-corrected chi connectivity index (χ4v) is 5.69. The maximum atomic E-state index is 14.8. The summed E-state index contributed by atoms with van der Waals surface area (Å²) in [5.41, 5.74) is 7.11. The summed E-state index contributed by atoms with van der Waals surface area (Å²) in [6, 6.07) is 12.4. The lowest BCUT2D eigenvalue weighted by Gasteiger charge is -2.15. The smallest absolute Gasteiger partial charge is 0.226 e. The van der Waals surface area contributed by atoms with Gasteiger partial charge in [0.2, 0.25) is 5.91 Å². The molecule has 1 fully saturated rings. The molecule has 3 N–H and O–H groups in total. The van der Waals surface area contributed by atoms with E-state index in [1.165, 1.54) is 25.0 Å². The van der Waals surface area contributed by atoms with E-state index in [1.54, 1.807) is 24.8 Å². The lowest BCUT2D eigenvalue weighted by atomic mass is 10.0. The molecule has 1 amide bonds. The van der Waals surface area contributed by atoms with Crippen LogP contribution in [0.3, 0.4) is 0 Å². The van der Waals surface area contributed by atoms with Crippen LogP contribution >= 0.6 is 0 Å². The second kappa shape index (κ2) is 12.1. The third kappa shape index (κ3) is 5.99. The normalized spacial score (nSPS) is 13.7. The van der Waals surface area contributed by atoms with Gasteiger partial charge >= 0.3 is 0 Å². The number of rotatable bonds is 9. The van der Waals surface area contributed by atoms with E-state index < -0.39 is 0 Å². The van der Waals surface area contributed by atoms with Crippen LogP contribution in [0.15, 0.2) is 67.3 Å². The first-order chi connectivity index (χ1) is 21.9. The van der Waals surface area contributed by atoms with Crippen LogP contribution in [0.2, 0.25) is 0 Å². The van der Waals surface area contributed by atoms with E-state index in [4.69, 9.17) is 9.72 Å². The number of carbonyl (C=O) groups is 1. The minimum Gasteiger partial charge on any atom is -0.492 e. The number of pyridine rings is 3. The summed E-state index contributed by atoms with van der Waals surface area (Å²) in [7, 11) is 0. The van der Waals surface area contributed by atoms with E-state index >= 15 is 0 Å². The van der Waals surface area contributed by atoms with Crippen molar-refractivity contribution in [3.8, 4) is 39.5 Å². The van der Waals surface area contributed by atoms with Gasteiger partial charge in [0, 0.05) is 47.4 Å². The van der Waals surface area contributed by atoms with Gasteiger partial charge in [0.05, 0.1) is 40.5 Å². The number of carbonyl (C=O) groups excluding carboxylic acids is 1. The molecule has 1 aromatic carbocycles. The number of hydrogen-bond donors (Lipinski definition) is 3. The van der Waals surface area contributed by atoms with Gasteiger partial charge in [-0.3, -0.25) is 24.8 Å². The Labute approximate surface area is 259 Å². The second-order valence-corrected chi connectivity index (χ2v) is 11.7. The number of likely N-dealkylation sites (tertiary alicyclic amines) is 1. The molecular weight excluding hydrogens is 571 g/mol. The van der Waals surface area contributed by atoms with Gasteiger partial charge in [0.1, 0.15) is 29.4 Å².